The van der Waals surface area contributed by atoms with Crippen LogP contribution in [-0.4, -0.2) is 60.3 Å². The van der Waals surface area contributed by atoms with Crippen molar-refractivity contribution >= 4 is 0 Å². The Bertz CT molecular complexity index is 248. The Kier molecular flexibility index (Phi) is 4.68. The Morgan fingerprint density at radius 2 is 1.67 bits per heavy atom. The van der Waals surface area contributed by atoms with Gasteiger partial charge in [0, 0.05) is 44.4 Å². The van der Waals surface area contributed by atoms with E-state index in [0.29, 0.717) is 11.6 Å². The SMILES string of the molecule is CCCOC1CC(N2CCN(C(C)(C)C)CC2)C1. The number of hydrogen-bond donors (Lipinski definition) is 0. The summed E-state index contributed by atoms with van der Waals surface area (Å²) in [6.45, 7) is 15.0. The summed E-state index contributed by atoms with van der Waals surface area (Å²) in [5.74, 6) is 0. The fourth-order valence-corrected chi connectivity index (χ4v) is 3.01. The van der Waals surface area contributed by atoms with Gasteiger partial charge in [0.1, 0.15) is 0 Å². The molecular formula is C15H30N2O. The highest BCUT2D eigenvalue weighted by Gasteiger charge is 2.36. The summed E-state index contributed by atoms with van der Waals surface area (Å²) in [7, 11) is 0. The van der Waals surface area contributed by atoms with Crippen LogP contribution >= 0.6 is 0 Å². The molecule has 1 saturated carbocycles. The van der Waals surface area contributed by atoms with Gasteiger partial charge in [0.05, 0.1) is 6.10 Å². The first-order valence-corrected chi connectivity index (χ1v) is 7.61. The van der Waals surface area contributed by atoms with Crippen molar-refractivity contribution in [2.24, 2.45) is 0 Å². The number of ether oxygens (including phenoxy) is 1. The molecule has 0 unspecified atom stereocenters. The average Bonchev–Trinajstić information content (AvgIpc) is 2.26. The van der Waals surface area contributed by atoms with Crippen molar-refractivity contribution in [3.05, 3.63) is 0 Å². The minimum Gasteiger partial charge on any atom is -0.378 e. The number of nitrogens with zero attached hydrogens (tertiary/aromatic N) is 2. The molecule has 1 heterocycles. The van der Waals surface area contributed by atoms with Crippen LogP contribution in [0.15, 0.2) is 0 Å². The molecule has 2 fully saturated rings. The molecule has 106 valence electrons. The number of rotatable bonds is 4. The molecule has 0 atom stereocenters. The van der Waals surface area contributed by atoms with Crippen LogP contribution in [0.25, 0.3) is 0 Å². The molecule has 0 aromatic carbocycles. The lowest BCUT2D eigenvalue weighted by Crippen LogP contribution is -2.58. The van der Waals surface area contributed by atoms with E-state index < -0.39 is 0 Å². The van der Waals surface area contributed by atoms with E-state index in [4.69, 9.17) is 4.74 Å². The molecule has 0 aromatic rings. The molecule has 1 aliphatic heterocycles. The highest BCUT2D eigenvalue weighted by atomic mass is 16.5. The monoisotopic (exact) mass is 254 g/mol. The molecule has 1 aliphatic carbocycles. The molecule has 0 amide bonds. The Hall–Kier alpha value is -0.120. The smallest absolute Gasteiger partial charge is 0.0605 e. The molecule has 0 aromatic heterocycles. The maximum Gasteiger partial charge on any atom is 0.0605 e. The van der Waals surface area contributed by atoms with Crippen LogP contribution in [0, 0.1) is 0 Å². The summed E-state index contributed by atoms with van der Waals surface area (Å²) in [4.78, 5) is 5.28. The van der Waals surface area contributed by atoms with Crippen molar-refractivity contribution in [3.63, 3.8) is 0 Å². The topological polar surface area (TPSA) is 15.7 Å². The van der Waals surface area contributed by atoms with Crippen LogP contribution in [0.4, 0.5) is 0 Å². The van der Waals surface area contributed by atoms with E-state index in [1.807, 2.05) is 0 Å². The van der Waals surface area contributed by atoms with Crippen molar-refractivity contribution in [3.8, 4) is 0 Å². The fraction of sp³-hybridized carbons (Fsp3) is 1.00. The summed E-state index contributed by atoms with van der Waals surface area (Å²) in [6.07, 6.45) is 4.21. The normalized spacial score (nSPS) is 31.3. The first-order valence-electron chi connectivity index (χ1n) is 7.61. The molecule has 18 heavy (non-hydrogen) atoms. The lowest BCUT2D eigenvalue weighted by Gasteiger charge is -2.48. The lowest BCUT2D eigenvalue weighted by atomic mass is 9.87. The maximum atomic E-state index is 5.79. The second-order valence-corrected chi connectivity index (χ2v) is 6.81. The zero-order valence-electron chi connectivity index (χ0n) is 12.6. The Morgan fingerprint density at radius 1 is 1.06 bits per heavy atom. The third-order valence-electron chi connectivity index (χ3n) is 4.41. The van der Waals surface area contributed by atoms with Crippen molar-refractivity contribution in [2.75, 3.05) is 32.8 Å². The Balaban J connectivity index is 1.66. The fourth-order valence-electron chi connectivity index (χ4n) is 3.01. The quantitative estimate of drug-likeness (QED) is 0.766. The Morgan fingerprint density at radius 3 is 2.17 bits per heavy atom. The highest BCUT2D eigenvalue weighted by molar-refractivity contribution is 4.91. The van der Waals surface area contributed by atoms with Crippen LogP contribution in [0.3, 0.4) is 0 Å². The first kappa shape index (κ1) is 14.3. The summed E-state index contributed by atoms with van der Waals surface area (Å²) < 4.78 is 5.79. The van der Waals surface area contributed by atoms with Crippen LogP contribution in [-0.2, 0) is 4.74 Å². The van der Waals surface area contributed by atoms with Crippen LogP contribution < -0.4 is 0 Å². The van der Waals surface area contributed by atoms with E-state index in [1.54, 1.807) is 0 Å². The van der Waals surface area contributed by atoms with E-state index in [0.717, 1.165) is 19.1 Å². The van der Waals surface area contributed by atoms with E-state index in [1.165, 1.54) is 39.0 Å². The maximum absolute atomic E-state index is 5.79. The van der Waals surface area contributed by atoms with Crippen LogP contribution in [0.5, 0.6) is 0 Å². The van der Waals surface area contributed by atoms with Gasteiger partial charge in [-0.15, -0.1) is 0 Å². The van der Waals surface area contributed by atoms with Crippen LogP contribution in [0.2, 0.25) is 0 Å². The van der Waals surface area contributed by atoms with Gasteiger partial charge < -0.3 is 4.74 Å². The minimum absolute atomic E-state index is 0.332. The zero-order valence-corrected chi connectivity index (χ0v) is 12.6. The van der Waals surface area contributed by atoms with Gasteiger partial charge in [-0.3, -0.25) is 9.80 Å². The molecule has 1 saturated heterocycles. The zero-order chi connectivity index (χ0) is 13.2. The summed E-state index contributed by atoms with van der Waals surface area (Å²) in [5, 5.41) is 0. The van der Waals surface area contributed by atoms with Crippen molar-refractivity contribution in [2.45, 2.75) is 64.6 Å². The van der Waals surface area contributed by atoms with Crippen molar-refractivity contribution < 1.29 is 4.74 Å². The van der Waals surface area contributed by atoms with E-state index in [-0.39, 0.29) is 0 Å². The second kappa shape index (κ2) is 5.89. The minimum atomic E-state index is 0.332. The third-order valence-corrected chi connectivity index (χ3v) is 4.41. The van der Waals surface area contributed by atoms with E-state index in [9.17, 15) is 0 Å². The Labute approximate surface area is 112 Å². The van der Waals surface area contributed by atoms with Gasteiger partial charge in [0.2, 0.25) is 0 Å². The predicted molar refractivity (Wildman–Crippen MR) is 76.0 cm³/mol. The van der Waals surface area contributed by atoms with Gasteiger partial charge in [-0.25, -0.2) is 0 Å². The van der Waals surface area contributed by atoms with Crippen molar-refractivity contribution in [1.29, 1.82) is 0 Å². The van der Waals surface area contributed by atoms with E-state index in [2.05, 4.69) is 37.5 Å². The van der Waals surface area contributed by atoms with Gasteiger partial charge in [-0.1, -0.05) is 6.92 Å². The highest BCUT2D eigenvalue weighted by Crippen LogP contribution is 2.30. The molecular weight excluding hydrogens is 224 g/mol. The van der Waals surface area contributed by atoms with Crippen molar-refractivity contribution in [1.82, 2.24) is 9.80 Å². The molecule has 0 bridgehead atoms. The third kappa shape index (κ3) is 3.46. The standard InChI is InChI=1S/C15H30N2O/c1-5-10-18-14-11-13(12-14)16-6-8-17(9-7-16)15(2,3)4/h13-14H,5-12H2,1-4H3. The van der Waals surface area contributed by atoms with E-state index >= 15 is 0 Å². The largest absolute Gasteiger partial charge is 0.378 e. The molecule has 0 N–H and O–H groups in total. The number of piperazine rings is 1. The average molecular weight is 254 g/mol. The molecule has 0 spiro atoms. The van der Waals surface area contributed by atoms with Gasteiger partial charge in [0.25, 0.3) is 0 Å². The van der Waals surface area contributed by atoms with Crippen LogP contribution in [0.1, 0.15) is 47.0 Å². The van der Waals surface area contributed by atoms with Gasteiger partial charge >= 0.3 is 0 Å². The van der Waals surface area contributed by atoms with Gasteiger partial charge in [-0.05, 0) is 40.0 Å². The number of hydrogen-bond acceptors (Lipinski definition) is 3. The first-order chi connectivity index (χ1) is 8.50. The molecule has 0 radical (unpaired) electrons. The van der Waals surface area contributed by atoms with Gasteiger partial charge in [0.15, 0.2) is 0 Å². The predicted octanol–water partition coefficient (Wildman–Crippen LogP) is 2.36. The van der Waals surface area contributed by atoms with Gasteiger partial charge in [-0.2, -0.15) is 0 Å². The molecule has 2 aliphatic rings. The molecule has 3 heteroatoms. The second-order valence-electron chi connectivity index (χ2n) is 6.81. The molecule has 2 rings (SSSR count). The summed E-state index contributed by atoms with van der Waals surface area (Å²) in [5.41, 5.74) is 0.332. The summed E-state index contributed by atoms with van der Waals surface area (Å²) >= 11 is 0. The summed E-state index contributed by atoms with van der Waals surface area (Å²) in [6, 6.07) is 0.800. The molecule has 3 nitrogen and oxygen atoms in total. The lowest BCUT2D eigenvalue weighted by molar-refractivity contribution is -0.0657.